The van der Waals surface area contributed by atoms with Crippen LogP contribution in [0.3, 0.4) is 0 Å². The third-order valence-electron chi connectivity index (χ3n) is 3.08. The van der Waals surface area contributed by atoms with Crippen LogP contribution in [-0.4, -0.2) is 15.2 Å². The molecule has 0 bridgehead atoms. The van der Waals surface area contributed by atoms with Crippen LogP contribution in [0, 0.1) is 0 Å². The number of hydrogen-bond donors (Lipinski definition) is 2. The van der Waals surface area contributed by atoms with Gasteiger partial charge in [-0.25, -0.2) is 0 Å². The Kier molecular flexibility index (Phi) is 4.90. The van der Waals surface area contributed by atoms with Crippen LogP contribution in [0.4, 0.5) is 17.5 Å². The SMILES string of the molecule is Clc1ccc(Nc2nncc(NCc3ccccc3Cl)n2)cc1. The van der Waals surface area contributed by atoms with Gasteiger partial charge in [0.15, 0.2) is 5.82 Å². The Labute approximate surface area is 143 Å². The summed E-state index contributed by atoms with van der Waals surface area (Å²) in [5.41, 5.74) is 1.82. The van der Waals surface area contributed by atoms with Gasteiger partial charge < -0.3 is 10.6 Å². The Morgan fingerprint density at radius 2 is 1.74 bits per heavy atom. The molecule has 0 amide bonds. The van der Waals surface area contributed by atoms with Crippen molar-refractivity contribution in [1.29, 1.82) is 0 Å². The fraction of sp³-hybridized carbons (Fsp3) is 0.0625. The second-order valence-electron chi connectivity index (χ2n) is 4.74. The van der Waals surface area contributed by atoms with Gasteiger partial charge >= 0.3 is 0 Å². The van der Waals surface area contributed by atoms with Gasteiger partial charge in [0.1, 0.15) is 0 Å². The predicted octanol–water partition coefficient (Wildman–Crippen LogP) is 4.53. The molecule has 2 aromatic carbocycles. The zero-order valence-electron chi connectivity index (χ0n) is 12.0. The molecule has 7 heteroatoms. The molecule has 0 aliphatic carbocycles. The quantitative estimate of drug-likeness (QED) is 0.710. The normalized spacial score (nSPS) is 10.3. The first kappa shape index (κ1) is 15.5. The molecule has 2 N–H and O–H groups in total. The molecule has 0 unspecified atom stereocenters. The van der Waals surface area contributed by atoms with E-state index in [4.69, 9.17) is 23.2 Å². The number of hydrogen-bond acceptors (Lipinski definition) is 5. The molecule has 0 aliphatic heterocycles. The minimum absolute atomic E-state index is 0.400. The molecule has 116 valence electrons. The van der Waals surface area contributed by atoms with E-state index in [0.717, 1.165) is 11.3 Å². The van der Waals surface area contributed by atoms with E-state index < -0.39 is 0 Å². The largest absolute Gasteiger partial charge is 0.364 e. The second kappa shape index (κ2) is 7.26. The van der Waals surface area contributed by atoms with Crippen molar-refractivity contribution in [3.8, 4) is 0 Å². The highest BCUT2D eigenvalue weighted by Crippen LogP contribution is 2.18. The van der Waals surface area contributed by atoms with Gasteiger partial charge in [0.05, 0.1) is 6.20 Å². The summed E-state index contributed by atoms with van der Waals surface area (Å²) in [6.07, 6.45) is 1.56. The average molecular weight is 346 g/mol. The van der Waals surface area contributed by atoms with Crippen molar-refractivity contribution in [2.24, 2.45) is 0 Å². The van der Waals surface area contributed by atoms with Gasteiger partial charge in [0, 0.05) is 22.3 Å². The first-order chi connectivity index (χ1) is 11.2. The van der Waals surface area contributed by atoms with Crippen molar-refractivity contribution in [2.75, 3.05) is 10.6 Å². The molecule has 0 aliphatic rings. The average Bonchev–Trinajstić information content (AvgIpc) is 2.57. The van der Waals surface area contributed by atoms with Crippen LogP contribution in [0.5, 0.6) is 0 Å². The Bertz CT molecular complexity index is 792. The van der Waals surface area contributed by atoms with Crippen LogP contribution >= 0.6 is 23.2 Å². The van der Waals surface area contributed by atoms with Crippen molar-refractivity contribution in [2.45, 2.75) is 6.54 Å². The van der Waals surface area contributed by atoms with Gasteiger partial charge in [0.25, 0.3) is 0 Å². The molecular weight excluding hydrogens is 333 g/mol. The van der Waals surface area contributed by atoms with E-state index in [-0.39, 0.29) is 0 Å². The molecule has 0 spiro atoms. The number of benzene rings is 2. The van der Waals surface area contributed by atoms with Gasteiger partial charge in [-0.2, -0.15) is 10.1 Å². The van der Waals surface area contributed by atoms with Crippen LogP contribution in [0.2, 0.25) is 10.0 Å². The second-order valence-corrected chi connectivity index (χ2v) is 5.59. The van der Waals surface area contributed by atoms with E-state index >= 15 is 0 Å². The van der Waals surface area contributed by atoms with Gasteiger partial charge in [-0.05, 0) is 35.9 Å². The zero-order valence-corrected chi connectivity index (χ0v) is 13.5. The molecule has 1 aromatic heterocycles. The van der Waals surface area contributed by atoms with Crippen LogP contribution in [0.1, 0.15) is 5.56 Å². The van der Waals surface area contributed by atoms with Crippen molar-refractivity contribution in [3.05, 3.63) is 70.3 Å². The van der Waals surface area contributed by atoms with Crippen molar-refractivity contribution < 1.29 is 0 Å². The van der Waals surface area contributed by atoms with Gasteiger partial charge in [-0.1, -0.05) is 41.4 Å². The summed E-state index contributed by atoms with van der Waals surface area (Å²) in [6.45, 7) is 0.554. The van der Waals surface area contributed by atoms with Crippen molar-refractivity contribution in [3.63, 3.8) is 0 Å². The zero-order chi connectivity index (χ0) is 16.1. The van der Waals surface area contributed by atoms with E-state index in [1.807, 2.05) is 36.4 Å². The highest BCUT2D eigenvalue weighted by atomic mass is 35.5. The van der Waals surface area contributed by atoms with Gasteiger partial charge in [-0.15, -0.1) is 5.10 Å². The van der Waals surface area contributed by atoms with E-state index in [1.54, 1.807) is 18.3 Å². The summed E-state index contributed by atoms with van der Waals surface area (Å²) in [7, 11) is 0. The van der Waals surface area contributed by atoms with E-state index in [9.17, 15) is 0 Å². The lowest BCUT2D eigenvalue weighted by Gasteiger charge is -2.08. The molecular formula is C16H13Cl2N5. The third-order valence-corrected chi connectivity index (χ3v) is 3.70. The lowest BCUT2D eigenvalue weighted by atomic mass is 10.2. The van der Waals surface area contributed by atoms with E-state index in [0.29, 0.717) is 28.4 Å². The molecule has 1 heterocycles. The number of nitrogens with zero attached hydrogens (tertiary/aromatic N) is 3. The standard InChI is InChI=1S/C16H13Cl2N5/c17-12-5-7-13(8-6-12)21-16-22-15(10-20-23-16)19-9-11-3-1-2-4-14(11)18/h1-8,10H,9H2,(H2,19,21,22,23). The molecule has 3 aromatic rings. The molecule has 0 saturated heterocycles. The summed E-state index contributed by atoms with van der Waals surface area (Å²) < 4.78 is 0. The van der Waals surface area contributed by atoms with Crippen LogP contribution in [0.25, 0.3) is 0 Å². The number of rotatable bonds is 5. The highest BCUT2D eigenvalue weighted by molar-refractivity contribution is 6.31. The van der Waals surface area contributed by atoms with Crippen LogP contribution in [-0.2, 0) is 6.54 Å². The minimum atomic E-state index is 0.400. The Hall–Kier alpha value is -2.37. The number of anilines is 3. The summed E-state index contributed by atoms with van der Waals surface area (Å²) in [5, 5.41) is 15.5. The molecule has 23 heavy (non-hydrogen) atoms. The van der Waals surface area contributed by atoms with E-state index in [2.05, 4.69) is 25.8 Å². The monoisotopic (exact) mass is 345 g/mol. The highest BCUT2D eigenvalue weighted by Gasteiger charge is 2.03. The maximum atomic E-state index is 6.13. The first-order valence-electron chi connectivity index (χ1n) is 6.90. The summed E-state index contributed by atoms with van der Waals surface area (Å²) in [5.74, 6) is 1.01. The number of halogens is 2. The molecule has 0 fully saturated rings. The predicted molar refractivity (Wildman–Crippen MR) is 93.3 cm³/mol. The van der Waals surface area contributed by atoms with Crippen molar-refractivity contribution >= 4 is 40.7 Å². The number of nitrogens with one attached hydrogen (secondary N) is 2. The molecule has 0 saturated carbocycles. The molecule has 3 rings (SSSR count). The number of aromatic nitrogens is 3. The Balaban J connectivity index is 1.67. The third kappa shape index (κ3) is 4.31. The van der Waals surface area contributed by atoms with Gasteiger partial charge in [-0.3, -0.25) is 0 Å². The maximum Gasteiger partial charge on any atom is 0.249 e. The summed E-state index contributed by atoms with van der Waals surface area (Å²) >= 11 is 12.0. The lowest BCUT2D eigenvalue weighted by molar-refractivity contribution is 0.966. The molecule has 0 atom stereocenters. The van der Waals surface area contributed by atoms with Crippen molar-refractivity contribution in [1.82, 2.24) is 15.2 Å². The van der Waals surface area contributed by atoms with E-state index in [1.165, 1.54) is 0 Å². The summed E-state index contributed by atoms with van der Waals surface area (Å²) in [4.78, 5) is 4.36. The Morgan fingerprint density at radius 1 is 0.957 bits per heavy atom. The maximum absolute atomic E-state index is 6.13. The fourth-order valence-corrected chi connectivity index (χ4v) is 2.26. The Morgan fingerprint density at radius 3 is 2.52 bits per heavy atom. The van der Waals surface area contributed by atoms with Crippen LogP contribution < -0.4 is 10.6 Å². The smallest absolute Gasteiger partial charge is 0.249 e. The van der Waals surface area contributed by atoms with Crippen LogP contribution in [0.15, 0.2) is 54.7 Å². The lowest BCUT2D eigenvalue weighted by Crippen LogP contribution is -2.05. The topological polar surface area (TPSA) is 62.7 Å². The molecule has 0 radical (unpaired) electrons. The fourth-order valence-electron chi connectivity index (χ4n) is 1.93. The van der Waals surface area contributed by atoms with Gasteiger partial charge in [0.2, 0.25) is 5.95 Å². The summed E-state index contributed by atoms with van der Waals surface area (Å²) in [6, 6.07) is 14.9. The first-order valence-corrected chi connectivity index (χ1v) is 7.66. The minimum Gasteiger partial charge on any atom is -0.364 e. The molecule has 5 nitrogen and oxygen atoms in total.